The van der Waals surface area contributed by atoms with Gasteiger partial charge in [-0.1, -0.05) is 18.2 Å². The molecule has 6 aromatic rings. The van der Waals surface area contributed by atoms with Gasteiger partial charge in [0, 0.05) is 54.5 Å². The Balaban J connectivity index is 0.000000174. The number of ether oxygens (including phenoxy) is 4. The molecule has 0 unspecified atom stereocenters. The van der Waals surface area contributed by atoms with Gasteiger partial charge in [-0.05, 0) is 64.4 Å². The molecule has 13 nitrogen and oxygen atoms in total. The smallest absolute Gasteiger partial charge is 0.337 e. The van der Waals surface area contributed by atoms with Crippen LogP contribution in [0.25, 0.3) is 21.8 Å². The fourth-order valence-electron chi connectivity index (χ4n) is 4.47. The van der Waals surface area contributed by atoms with Gasteiger partial charge in [-0.2, -0.15) is 8.42 Å². The Morgan fingerprint density at radius 3 is 1.88 bits per heavy atom. The molecule has 0 spiro atoms. The van der Waals surface area contributed by atoms with Crippen molar-refractivity contribution in [1.82, 2.24) is 19.5 Å². The Kier molecular flexibility index (Phi) is 12.5. The average Bonchev–Trinajstić information content (AvgIpc) is 3.77. The molecule has 0 bridgehead atoms. The molecule has 0 amide bonds. The number of nitrogens with one attached hydrogen (secondary N) is 1. The van der Waals surface area contributed by atoms with Crippen LogP contribution in [0.5, 0.6) is 11.8 Å². The van der Waals surface area contributed by atoms with Crippen molar-refractivity contribution in [2.45, 2.75) is 13.2 Å². The number of aromatic nitrogens is 4. The molecule has 6 rings (SSSR count). The molecule has 0 radical (unpaired) electrons. The summed E-state index contributed by atoms with van der Waals surface area (Å²) in [6.45, 7) is 0.668. The van der Waals surface area contributed by atoms with Crippen molar-refractivity contribution >= 4 is 43.9 Å². The molecule has 1 N–H and O–H groups in total. The number of rotatable bonds is 9. The summed E-state index contributed by atoms with van der Waals surface area (Å²) in [6, 6.07) is 22.1. The molecule has 0 fully saturated rings. The highest BCUT2D eigenvalue weighted by Gasteiger charge is 2.09. The van der Waals surface area contributed by atoms with Crippen LogP contribution >= 0.6 is 0 Å². The van der Waals surface area contributed by atoms with E-state index in [2.05, 4.69) is 28.4 Å². The minimum atomic E-state index is -3.40. The number of methoxy groups -OCH3 is 4. The third kappa shape index (κ3) is 10.4. The highest BCUT2D eigenvalue weighted by atomic mass is 32.2. The summed E-state index contributed by atoms with van der Waals surface area (Å²) in [5.41, 5.74) is 4.78. The lowest BCUT2D eigenvalue weighted by atomic mass is 10.1. The summed E-state index contributed by atoms with van der Waals surface area (Å²) < 4.78 is 47.3. The van der Waals surface area contributed by atoms with Crippen molar-refractivity contribution in [1.29, 1.82) is 0 Å². The normalized spacial score (nSPS) is 10.7. The van der Waals surface area contributed by atoms with Gasteiger partial charge in [0.05, 0.1) is 52.4 Å². The fourth-order valence-corrected chi connectivity index (χ4v) is 4.82. The van der Waals surface area contributed by atoms with Gasteiger partial charge >= 0.3 is 11.9 Å². The van der Waals surface area contributed by atoms with Gasteiger partial charge < -0.3 is 28.5 Å². The lowest BCUT2D eigenvalue weighted by molar-refractivity contribution is 0.0592. The number of carbonyl (C=O) groups is 2. The lowest BCUT2D eigenvalue weighted by Gasteiger charge is -2.07. The predicted octanol–water partition coefficient (Wildman–Crippen LogP) is 5.40. The van der Waals surface area contributed by atoms with Crippen LogP contribution < -0.4 is 9.47 Å². The van der Waals surface area contributed by atoms with Crippen LogP contribution in [0.1, 0.15) is 31.8 Å². The monoisotopic (exact) mass is 688 g/mol. The number of nitrogens with zero attached hydrogens (tertiary/aromatic N) is 3. The van der Waals surface area contributed by atoms with Crippen molar-refractivity contribution in [3.8, 4) is 11.8 Å². The number of H-pyrrole nitrogens is 1. The number of benzene rings is 2. The van der Waals surface area contributed by atoms with E-state index in [9.17, 15) is 18.0 Å². The van der Waals surface area contributed by atoms with Crippen molar-refractivity contribution in [3.05, 3.63) is 120 Å². The Morgan fingerprint density at radius 2 is 1.33 bits per heavy atom. The first-order valence-electron chi connectivity index (χ1n) is 14.7. The summed E-state index contributed by atoms with van der Waals surface area (Å²) in [6.07, 6.45) is 8.13. The molecule has 4 heterocycles. The number of aromatic amines is 1. The first-order valence-corrected chi connectivity index (χ1v) is 16.5. The van der Waals surface area contributed by atoms with Crippen LogP contribution in [0, 0.1) is 0 Å². The molecule has 49 heavy (non-hydrogen) atoms. The Hall–Kier alpha value is -5.73. The molecular formula is C35H36N4O9S. The van der Waals surface area contributed by atoms with E-state index in [0.717, 1.165) is 33.6 Å². The van der Waals surface area contributed by atoms with Crippen LogP contribution in [0.4, 0.5) is 0 Å². The molecule has 0 aliphatic heterocycles. The van der Waals surface area contributed by atoms with Crippen LogP contribution in [0.3, 0.4) is 0 Å². The second kappa shape index (κ2) is 16.9. The van der Waals surface area contributed by atoms with E-state index in [1.807, 2.05) is 54.9 Å². The second-order valence-electron chi connectivity index (χ2n) is 10.4. The molecule has 256 valence electrons. The molecule has 0 aliphatic rings. The second-order valence-corrected chi connectivity index (χ2v) is 12.0. The maximum Gasteiger partial charge on any atom is 0.337 e. The van der Waals surface area contributed by atoms with Crippen LogP contribution in [0.2, 0.25) is 0 Å². The number of esters is 2. The number of hydrogen-bond donors (Lipinski definition) is 1. The van der Waals surface area contributed by atoms with Crippen LogP contribution in [0.15, 0.2) is 97.6 Å². The Labute approximate surface area is 283 Å². The average molecular weight is 689 g/mol. The van der Waals surface area contributed by atoms with Crippen molar-refractivity contribution < 1.29 is 41.1 Å². The van der Waals surface area contributed by atoms with Crippen LogP contribution in [-0.2, 0) is 36.9 Å². The summed E-state index contributed by atoms with van der Waals surface area (Å²) in [4.78, 5) is 33.9. The SMILES string of the molecule is COC(=O)c1ccc2cc[nH]c2c1.COC(=O)c1ccc2ccn(Cc3ccc(OC)nc3)c2c1.COc1ccc(COS(C)(=O)=O)cn1. The summed E-state index contributed by atoms with van der Waals surface area (Å²) in [5, 5.41) is 2.17. The molecule has 14 heteroatoms. The molecule has 4 aromatic heterocycles. The standard InChI is InChI=1S/C17H16N2O3.C10H9NO2.C8H11NO4S/c1-21-16-6-3-12(10-18-16)11-19-8-7-13-4-5-14(9-15(13)19)17(20)22-2;1-13-10(12)8-3-2-7-4-5-11-9(7)6-8;1-12-8-4-3-7(5-9-8)6-13-14(2,10)11/h3-10H,11H2,1-2H3;2-6,11H,1H3;3-5H,6H2,1-2H3. The van der Waals surface area contributed by atoms with E-state index in [-0.39, 0.29) is 18.5 Å². The largest absolute Gasteiger partial charge is 0.481 e. The molecule has 0 saturated carbocycles. The Bertz CT molecular complexity index is 2110. The third-order valence-electron chi connectivity index (χ3n) is 6.98. The number of pyridine rings is 2. The highest BCUT2D eigenvalue weighted by Crippen LogP contribution is 2.20. The van der Waals surface area contributed by atoms with Crippen molar-refractivity contribution in [2.75, 3.05) is 34.7 Å². The van der Waals surface area contributed by atoms with Gasteiger partial charge in [0.25, 0.3) is 10.1 Å². The van der Waals surface area contributed by atoms with Gasteiger partial charge in [0.2, 0.25) is 11.8 Å². The zero-order chi connectivity index (χ0) is 35.4. The van der Waals surface area contributed by atoms with Gasteiger partial charge in [0.1, 0.15) is 0 Å². The van der Waals surface area contributed by atoms with Gasteiger partial charge in [-0.3, -0.25) is 4.18 Å². The third-order valence-corrected chi connectivity index (χ3v) is 7.52. The zero-order valence-electron chi connectivity index (χ0n) is 27.6. The number of hydrogen-bond acceptors (Lipinski definition) is 11. The van der Waals surface area contributed by atoms with E-state index in [4.69, 9.17) is 14.2 Å². The van der Waals surface area contributed by atoms with E-state index in [1.54, 1.807) is 43.6 Å². The van der Waals surface area contributed by atoms with Gasteiger partial charge in [-0.25, -0.2) is 19.6 Å². The molecule has 2 aromatic carbocycles. The number of carbonyl (C=O) groups excluding carboxylic acids is 2. The van der Waals surface area contributed by atoms with Gasteiger partial charge in [0.15, 0.2) is 0 Å². The Morgan fingerprint density at radius 1 is 0.735 bits per heavy atom. The summed E-state index contributed by atoms with van der Waals surface area (Å²) in [7, 11) is 2.46. The van der Waals surface area contributed by atoms with Crippen LogP contribution in [-0.4, -0.2) is 74.6 Å². The van der Waals surface area contributed by atoms with E-state index in [1.165, 1.54) is 27.5 Å². The molecular weight excluding hydrogens is 652 g/mol. The zero-order valence-corrected chi connectivity index (χ0v) is 28.4. The van der Waals surface area contributed by atoms with E-state index < -0.39 is 10.1 Å². The molecule has 0 aliphatic carbocycles. The maximum absolute atomic E-state index is 11.7. The van der Waals surface area contributed by atoms with E-state index in [0.29, 0.717) is 35.0 Å². The molecule has 0 atom stereocenters. The minimum absolute atomic E-state index is 0.00414. The van der Waals surface area contributed by atoms with Gasteiger partial charge in [-0.15, -0.1) is 0 Å². The van der Waals surface area contributed by atoms with E-state index >= 15 is 0 Å². The summed E-state index contributed by atoms with van der Waals surface area (Å²) in [5.74, 6) is 0.430. The summed E-state index contributed by atoms with van der Waals surface area (Å²) >= 11 is 0. The first kappa shape index (κ1) is 36.1. The van der Waals surface area contributed by atoms with Crippen molar-refractivity contribution in [3.63, 3.8) is 0 Å². The lowest BCUT2D eigenvalue weighted by Crippen LogP contribution is -2.03. The first-order chi connectivity index (χ1) is 23.5. The fraction of sp³-hybridized carbons (Fsp3) is 0.200. The minimum Gasteiger partial charge on any atom is -0.481 e. The maximum atomic E-state index is 11.7. The molecule has 0 saturated heterocycles. The quantitative estimate of drug-likeness (QED) is 0.153. The topological polar surface area (TPSA) is 161 Å². The number of fused-ring (bicyclic) bond motifs is 2. The van der Waals surface area contributed by atoms with Crippen molar-refractivity contribution in [2.24, 2.45) is 0 Å². The predicted molar refractivity (Wildman–Crippen MR) is 183 cm³/mol. The highest BCUT2D eigenvalue weighted by molar-refractivity contribution is 7.85.